The van der Waals surface area contributed by atoms with Crippen LogP contribution in [0.5, 0.6) is 5.75 Å². The molecular weight excluding hydrogens is 278 g/mol. The smallest absolute Gasteiger partial charge is 0.321 e. The molecule has 0 saturated heterocycles. The number of amides is 2. The molecule has 1 aromatic rings. The molecule has 0 aromatic heterocycles. The van der Waals surface area contributed by atoms with Crippen molar-refractivity contribution in [2.45, 2.75) is 12.8 Å². The number of urea groups is 1. The highest BCUT2D eigenvalue weighted by Gasteiger charge is 2.18. The predicted octanol–water partition coefficient (Wildman–Crippen LogP) is 2.99. The van der Waals surface area contributed by atoms with Gasteiger partial charge in [-0.2, -0.15) is 0 Å². The van der Waals surface area contributed by atoms with Crippen molar-refractivity contribution in [3.05, 3.63) is 41.6 Å². The van der Waals surface area contributed by atoms with E-state index in [9.17, 15) is 4.79 Å². The van der Waals surface area contributed by atoms with Gasteiger partial charge >= 0.3 is 6.03 Å². The minimum absolute atomic E-state index is 0.148. The molecule has 0 radical (unpaired) electrons. The minimum Gasteiger partial charge on any atom is -0.493 e. The monoisotopic (exact) mass is 297 g/mol. The lowest BCUT2D eigenvalue weighted by Gasteiger charge is -2.23. The summed E-state index contributed by atoms with van der Waals surface area (Å²) in [7, 11) is 3.37. The Kier molecular flexibility index (Phi) is 3.96. The van der Waals surface area contributed by atoms with Crippen LogP contribution >= 0.6 is 0 Å². The lowest BCUT2D eigenvalue weighted by molar-refractivity contribution is 0.249. The highest BCUT2D eigenvalue weighted by molar-refractivity contribution is 5.92. The molecule has 0 unspecified atom stereocenters. The summed E-state index contributed by atoms with van der Waals surface area (Å²) in [5.74, 6) is 0.856. The van der Waals surface area contributed by atoms with E-state index < -0.39 is 0 Å². The van der Waals surface area contributed by atoms with Crippen LogP contribution in [-0.2, 0) is 0 Å². The number of nitrogens with zero attached hydrogens (tertiary/aromatic N) is 2. The number of carbonyl (C=O) groups is 1. The SMILES string of the molecule is CNC(=O)N(C)c1ccc2c(c1)/C(=C/C1=CCC=N1)CCO2. The van der Waals surface area contributed by atoms with E-state index in [-0.39, 0.29) is 6.03 Å². The highest BCUT2D eigenvalue weighted by atomic mass is 16.5. The predicted molar refractivity (Wildman–Crippen MR) is 88.6 cm³/mol. The maximum Gasteiger partial charge on any atom is 0.321 e. The molecule has 5 nitrogen and oxygen atoms in total. The molecule has 0 atom stereocenters. The molecular formula is C17H19N3O2. The topological polar surface area (TPSA) is 53.9 Å². The van der Waals surface area contributed by atoms with Crippen molar-refractivity contribution in [3.8, 4) is 5.75 Å². The number of nitrogens with one attached hydrogen (secondary N) is 1. The zero-order chi connectivity index (χ0) is 15.5. The van der Waals surface area contributed by atoms with Gasteiger partial charge in [-0.05, 0) is 29.8 Å². The van der Waals surface area contributed by atoms with Crippen LogP contribution in [0.25, 0.3) is 5.57 Å². The molecule has 0 aliphatic carbocycles. The Balaban J connectivity index is 1.97. The zero-order valence-electron chi connectivity index (χ0n) is 12.8. The van der Waals surface area contributed by atoms with Gasteiger partial charge in [0.2, 0.25) is 0 Å². The first-order valence-electron chi connectivity index (χ1n) is 7.35. The van der Waals surface area contributed by atoms with Crippen LogP contribution in [0.2, 0.25) is 0 Å². The molecule has 3 rings (SSSR count). The Labute approximate surface area is 130 Å². The average molecular weight is 297 g/mol. The van der Waals surface area contributed by atoms with E-state index in [0.717, 1.165) is 35.5 Å². The van der Waals surface area contributed by atoms with Crippen LogP contribution < -0.4 is 15.0 Å². The Morgan fingerprint density at radius 2 is 2.32 bits per heavy atom. The van der Waals surface area contributed by atoms with Gasteiger partial charge in [0.15, 0.2) is 0 Å². The number of ether oxygens (including phenoxy) is 1. The van der Waals surface area contributed by atoms with Gasteiger partial charge in [-0.15, -0.1) is 0 Å². The number of hydrogen-bond donors (Lipinski definition) is 1. The molecule has 0 bridgehead atoms. The van der Waals surface area contributed by atoms with Gasteiger partial charge in [0.1, 0.15) is 5.75 Å². The van der Waals surface area contributed by atoms with Gasteiger partial charge in [-0.3, -0.25) is 9.89 Å². The van der Waals surface area contributed by atoms with Gasteiger partial charge in [-0.25, -0.2) is 4.79 Å². The lowest BCUT2D eigenvalue weighted by Crippen LogP contribution is -2.34. The third-order valence-corrected chi connectivity index (χ3v) is 3.84. The van der Waals surface area contributed by atoms with Crippen LogP contribution in [0.4, 0.5) is 10.5 Å². The van der Waals surface area contributed by atoms with Gasteiger partial charge in [0.05, 0.1) is 12.3 Å². The fourth-order valence-electron chi connectivity index (χ4n) is 2.60. The molecule has 22 heavy (non-hydrogen) atoms. The quantitative estimate of drug-likeness (QED) is 0.912. The second-order valence-electron chi connectivity index (χ2n) is 5.24. The number of aliphatic imine (C=N–C) groups is 1. The van der Waals surface area contributed by atoms with Crippen LogP contribution in [0, 0.1) is 0 Å². The van der Waals surface area contributed by atoms with E-state index in [2.05, 4.69) is 22.5 Å². The number of benzene rings is 1. The van der Waals surface area contributed by atoms with E-state index in [4.69, 9.17) is 4.74 Å². The Morgan fingerprint density at radius 1 is 1.45 bits per heavy atom. The standard InChI is InChI=1S/C17H19N3O2/c1-18-17(21)20(2)14-5-6-16-15(11-14)12(7-9-22-16)10-13-4-3-8-19-13/h4-6,8,10-11H,3,7,9H2,1-2H3,(H,18,21)/b12-10+. The second-order valence-corrected chi connectivity index (χ2v) is 5.24. The molecule has 0 fully saturated rings. The second kappa shape index (κ2) is 6.05. The molecule has 2 heterocycles. The van der Waals surface area contributed by atoms with Crippen molar-refractivity contribution < 1.29 is 9.53 Å². The van der Waals surface area contributed by atoms with Crippen molar-refractivity contribution in [1.82, 2.24) is 5.32 Å². The van der Waals surface area contributed by atoms with Gasteiger partial charge in [-0.1, -0.05) is 6.08 Å². The molecule has 2 aliphatic heterocycles. The van der Waals surface area contributed by atoms with E-state index in [1.165, 1.54) is 5.57 Å². The number of fused-ring (bicyclic) bond motifs is 1. The summed E-state index contributed by atoms with van der Waals surface area (Å²) in [4.78, 5) is 17.7. The van der Waals surface area contributed by atoms with E-state index in [1.54, 1.807) is 19.0 Å². The fraction of sp³-hybridized carbons (Fsp3) is 0.294. The Morgan fingerprint density at radius 3 is 3.05 bits per heavy atom. The van der Waals surface area contributed by atoms with Crippen LogP contribution in [0.15, 0.2) is 41.0 Å². The van der Waals surface area contributed by atoms with Crippen LogP contribution in [0.1, 0.15) is 18.4 Å². The summed E-state index contributed by atoms with van der Waals surface area (Å²) in [5.41, 5.74) is 4.05. The third kappa shape index (κ3) is 2.74. The molecule has 0 spiro atoms. The first-order valence-corrected chi connectivity index (χ1v) is 7.35. The van der Waals surface area contributed by atoms with Crippen molar-refractivity contribution in [2.24, 2.45) is 4.99 Å². The Bertz CT molecular complexity index is 689. The van der Waals surface area contributed by atoms with Gasteiger partial charge < -0.3 is 10.1 Å². The number of carbonyl (C=O) groups excluding carboxylic acids is 1. The molecule has 114 valence electrons. The lowest BCUT2D eigenvalue weighted by atomic mass is 9.98. The molecule has 0 saturated carbocycles. The van der Waals surface area contributed by atoms with Crippen molar-refractivity contribution in [3.63, 3.8) is 0 Å². The molecule has 5 heteroatoms. The fourth-order valence-corrected chi connectivity index (χ4v) is 2.60. The normalized spacial score (nSPS) is 17.7. The van der Waals surface area contributed by atoms with Crippen molar-refractivity contribution in [1.29, 1.82) is 0 Å². The maximum atomic E-state index is 11.8. The summed E-state index contributed by atoms with van der Waals surface area (Å²) >= 11 is 0. The average Bonchev–Trinajstić information content (AvgIpc) is 3.06. The van der Waals surface area contributed by atoms with Crippen LogP contribution in [0.3, 0.4) is 0 Å². The first-order chi connectivity index (χ1) is 10.7. The van der Waals surface area contributed by atoms with Crippen molar-refractivity contribution in [2.75, 3.05) is 25.6 Å². The van der Waals surface area contributed by atoms with Gasteiger partial charge in [0, 0.05) is 44.4 Å². The molecule has 1 N–H and O–H groups in total. The molecule has 2 amide bonds. The highest BCUT2D eigenvalue weighted by Crippen LogP contribution is 2.36. The summed E-state index contributed by atoms with van der Waals surface area (Å²) in [6.07, 6.45) is 7.84. The molecule has 2 aliphatic rings. The maximum absolute atomic E-state index is 11.8. The van der Waals surface area contributed by atoms with E-state index in [1.807, 2.05) is 24.4 Å². The number of hydrogen-bond acceptors (Lipinski definition) is 3. The summed E-state index contributed by atoms with van der Waals surface area (Å²) in [6, 6.07) is 5.66. The molecule has 1 aromatic carbocycles. The Hall–Kier alpha value is -2.56. The first kappa shape index (κ1) is 14.4. The largest absolute Gasteiger partial charge is 0.493 e. The van der Waals surface area contributed by atoms with E-state index in [0.29, 0.717) is 6.61 Å². The number of allylic oxidation sites excluding steroid dienone is 2. The summed E-state index contributed by atoms with van der Waals surface area (Å²) in [5, 5.41) is 2.63. The minimum atomic E-state index is -0.148. The summed E-state index contributed by atoms with van der Waals surface area (Å²) in [6.45, 7) is 0.667. The number of anilines is 1. The third-order valence-electron chi connectivity index (χ3n) is 3.84. The van der Waals surface area contributed by atoms with E-state index >= 15 is 0 Å². The van der Waals surface area contributed by atoms with Crippen molar-refractivity contribution >= 4 is 23.5 Å². The summed E-state index contributed by atoms with van der Waals surface area (Å²) < 4.78 is 5.72. The van der Waals surface area contributed by atoms with Gasteiger partial charge in [0.25, 0.3) is 0 Å². The van der Waals surface area contributed by atoms with Crippen LogP contribution in [-0.4, -0.2) is 32.9 Å². The number of rotatable bonds is 2. The zero-order valence-corrected chi connectivity index (χ0v) is 12.8.